The molecule has 27 heavy (non-hydrogen) atoms. The number of ether oxygens (including phenoxy) is 2. The van der Waals surface area contributed by atoms with Gasteiger partial charge in [-0.05, 0) is 30.7 Å². The third-order valence-electron chi connectivity index (χ3n) is 3.80. The minimum absolute atomic E-state index is 0.251. The second kappa shape index (κ2) is 9.28. The molecule has 0 unspecified atom stereocenters. The number of benzene rings is 2. The molecule has 1 atom stereocenters. The van der Waals surface area contributed by atoms with Crippen LogP contribution in [0, 0.1) is 17.0 Å². The lowest BCUT2D eigenvalue weighted by Crippen LogP contribution is -2.17. The second-order valence-electron chi connectivity index (χ2n) is 5.81. The van der Waals surface area contributed by atoms with Crippen molar-refractivity contribution in [2.45, 2.75) is 12.8 Å². The van der Waals surface area contributed by atoms with Crippen LogP contribution in [0.5, 0.6) is 0 Å². The lowest BCUT2D eigenvalue weighted by molar-refractivity contribution is -0.481. The van der Waals surface area contributed by atoms with E-state index in [1.165, 1.54) is 6.08 Å². The number of nitro groups is 1. The summed E-state index contributed by atoms with van der Waals surface area (Å²) in [5, 5.41) is 11.0. The van der Waals surface area contributed by atoms with Gasteiger partial charge in [0.1, 0.15) is 0 Å². The molecule has 0 aromatic heterocycles. The van der Waals surface area contributed by atoms with E-state index in [1.807, 2.05) is 6.92 Å². The first-order valence-electron chi connectivity index (χ1n) is 8.16. The fourth-order valence-electron chi connectivity index (χ4n) is 2.39. The summed E-state index contributed by atoms with van der Waals surface area (Å²) in [7, 11) is 1.14. The summed E-state index contributed by atoms with van der Waals surface area (Å²) in [6.07, 6.45) is 1.25. The van der Waals surface area contributed by atoms with Crippen LogP contribution in [0.1, 0.15) is 27.4 Å². The van der Waals surface area contributed by atoms with Gasteiger partial charge in [-0.25, -0.2) is 9.59 Å². The van der Waals surface area contributed by atoms with E-state index in [9.17, 15) is 19.7 Å². The molecule has 0 heterocycles. The van der Waals surface area contributed by atoms with Crippen molar-refractivity contribution >= 4 is 11.9 Å². The molecule has 0 amide bonds. The van der Waals surface area contributed by atoms with Crippen LogP contribution >= 0.6 is 0 Å². The Morgan fingerprint density at radius 2 is 1.74 bits per heavy atom. The molecule has 0 spiro atoms. The highest BCUT2D eigenvalue weighted by atomic mass is 16.6. The van der Waals surface area contributed by atoms with E-state index in [0.29, 0.717) is 5.56 Å². The Bertz CT molecular complexity index is 843. The molecule has 0 fully saturated rings. The van der Waals surface area contributed by atoms with Crippen LogP contribution < -0.4 is 0 Å². The molecule has 0 aliphatic carbocycles. The maximum Gasteiger partial charge on any atom is 0.373 e. The van der Waals surface area contributed by atoms with Gasteiger partial charge in [0.2, 0.25) is 12.3 Å². The number of rotatable bonds is 7. The van der Waals surface area contributed by atoms with Crippen molar-refractivity contribution in [1.82, 2.24) is 0 Å². The summed E-state index contributed by atoms with van der Waals surface area (Å²) in [5.74, 6) is -2.79. The SMILES string of the molecule is COC(=O)/C(=C/[C@@H](C[N+](=O)[O-])c1ccccc1)OC(=O)c1ccc(C)cc1. The zero-order valence-corrected chi connectivity index (χ0v) is 15.0. The van der Waals surface area contributed by atoms with Crippen LogP contribution in [0.25, 0.3) is 0 Å². The quantitative estimate of drug-likeness (QED) is 0.244. The molecule has 7 heteroatoms. The standard InChI is InChI=1S/C20H19NO6/c1-14-8-10-16(11-9-14)19(22)27-18(20(23)26-2)12-17(13-21(24)25)15-6-4-3-5-7-15/h3-12,17H,13H2,1-2H3/b18-12-/t17-/m0/s1. The van der Waals surface area contributed by atoms with Gasteiger partial charge in [0.15, 0.2) is 0 Å². The Kier molecular flexibility index (Phi) is 6.82. The van der Waals surface area contributed by atoms with Crippen molar-refractivity contribution in [2.75, 3.05) is 13.7 Å². The second-order valence-corrected chi connectivity index (χ2v) is 5.81. The number of aryl methyl sites for hydroxylation is 1. The zero-order valence-electron chi connectivity index (χ0n) is 15.0. The molecule has 2 aromatic rings. The first kappa shape index (κ1) is 19.8. The fraction of sp³-hybridized carbons (Fsp3) is 0.200. The Balaban J connectivity index is 2.34. The van der Waals surface area contributed by atoms with Crippen molar-refractivity contribution < 1.29 is 24.0 Å². The van der Waals surface area contributed by atoms with E-state index in [-0.39, 0.29) is 5.56 Å². The molecule has 140 valence electrons. The van der Waals surface area contributed by atoms with E-state index < -0.39 is 35.1 Å². The van der Waals surface area contributed by atoms with Crippen molar-refractivity contribution in [3.63, 3.8) is 0 Å². The highest BCUT2D eigenvalue weighted by Gasteiger charge is 2.23. The van der Waals surface area contributed by atoms with E-state index in [1.54, 1.807) is 54.6 Å². The Labute approximate surface area is 156 Å². The average Bonchev–Trinajstić information content (AvgIpc) is 2.67. The highest BCUT2D eigenvalue weighted by molar-refractivity contribution is 5.95. The molecule has 0 N–H and O–H groups in total. The van der Waals surface area contributed by atoms with E-state index >= 15 is 0 Å². The summed E-state index contributed by atoms with van der Waals surface area (Å²) in [6, 6.07) is 15.2. The van der Waals surface area contributed by atoms with Crippen molar-refractivity contribution in [3.8, 4) is 0 Å². The molecule has 0 saturated heterocycles. The number of carbonyl (C=O) groups is 2. The van der Waals surface area contributed by atoms with Crippen molar-refractivity contribution in [3.05, 3.63) is 93.2 Å². The smallest absolute Gasteiger partial charge is 0.373 e. The lowest BCUT2D eigenvalue weighted by atomic mass is 9.98. The normalized spacial score (nSPS) is 12.1. The predicted octanol–water partition coefficient (Wildman–Crippen LogP) is 3.27. The van der Waals surface area contributed by atoms with Gasteiger partial charge in [-0.3, -0.25) is 10.1 Å². The molecule has 0 bridgehead atoms. The van der Waals surface area contributed by atoms with E-state index in [2.05, 4.69) is 4.74 Å². The largest absolute Gasteiger partial charge is 0.463 e. The number of hydrogen-bond acceptors (Lipinski definition) is 6. The molecule has 2 rings (SSSR count). The number of hydrogen-bond donors (Lipinski definition) is 0. The third-order valence-corrected chi connectivity index (χ3v) is 3.80. The first-order chi connectivity index (χ1) is 12.9. The minimum Gasteiger partial charge on any atom is -0.463 e. The average molecular weight is 369 g/mol. The highest BCUT2D eigenvalue weighted by Crippen LogP contribution is 2.21. The van der Waals surface area contributed by atoms with Crippen LogP contribution in [0.2, 0.25) is 0 Å². The van der Waals surface area contributed by atoms with Gasteiger partial charge < -0.3 is 9.47 Å². The number of methoxy groups -OCH3 is 1. The summed E-state index contributed by atoms with van der Waals surface area (Å²) in [5.41, 5.74) is 1.83. The molecule has 0 aliphatic rings. The first-order valence-corrected chi connectivity index (χ1v) is 8.16. The lowest BCUT2D eigenvalue weighted by Gasteiger charge is -2.12. The van der Waals surface area contributed by atoms with E-state index in [0.717, 1.165) is 12.7 Å². The van der Waals surface area contributed by atoms with Crippen LogP contribution in [0.3, 0.4) is 0 Å². The molecule has 7 nitrogen and oxygen atoms in total. The Morgan fingerprint density at radius 3 is 2.30 bits per heavy atom. The van der Waals surface area contributed by atoms with Crippen LogP contribution in [-0.2, 0) is 14.3 Å². The van der Waals surface area contributed by atoms with Crippen LogP contribution in [0.4, 0.5) is 0 Å². The summed E-state index contributed by atoms with van der Waals surface area (Å²) in [6.45, 7) is 1.41. The summed E-state index contributed by atoms with van der Waals surface area (Å²) >= 11 is 0. The molecule has 0 saturated carbocycles. The fourth-order valence-corrected chi connectivity index (χ4v) is 2.39. The van der Waals surface area contributed by atoms with Gasteiger partial charge in [0.25, 0.3) is 0 Å². The van der Waals surface area contributed by atoms with Crippen LogP contribution in [-0.4, -0.2) is 30.5 Å². The molecule has 2 aromatic carbocycles. The van der Waals surface area contributed by atoms with E-state index in [4.69, 9.17) is 4.74 Å². The van der Waals surface area contributed by atoms with Gasteiger partial charge in [0, 0.05) is 4.92 Å². The van der Waals surface area contributed by atoms with Gasteiger partial charge >= 0.3 is 11.9 Å². The van der Waals surface area contributed by atoms with Crippen molar-refractivity contribution in [1.29, 1.82) is 0 Å². The third kappa shape index (κ3) is 5.78. The van der Waals surface area contributed by atoms with Gasteiger partial charge in [0.05, 0.1) is 18.6 Å². The number of esters is 2. The summed E-state index contributed by atoms with van der Waals surface area (Å²) < 4.78 is 9.84. The molecular formula is C20H19NO6. The van der Waals surface area contributed by atoms with Crippen LogP contribution in [0.15, 0.2) is 66.4 Å². The zero-order chi connectivity index (χ0) is 19.8. The molecule has 0 aliphatic heterocycles. The minimum atomic E-state index is -0.889. The summed E-state index contributed by atoms with van der Waals surface area (Å²) in [4.78, 5) is 34.9. The van der Waals surface area contributed by atoms with Gasteiger partial charge in [-0.2, -0.15) is 0 Å². The Morgan fingerprint density at radius 1 is 1.11 bits per heavy atom. The van der Waals surface area contributed by atoms with Gasteiger partial charge in [-0.15, -0.1) is 0 Å². The maximum absolute atomic E-state index is 12.3. The number of carbonyl (C=O) groups excluding carboxylic acids is 2. The number of nitrogens with zero attached hydrogens (tertiary/aromatic N) is 1. The Hall–Kier alpha value is -3.48. The maximum atomic E-state index is 12.3. The monoisotopic (exact) mass is 369 g/mol. The topological polar surface area (TPSA) is 95.7 Å². The predicted molar refractivity (Wildman–Crippen MR) is 97.7 cm³/mol. The van der Waals surface area contributed by atoms with Crippen molar-refractivity contribution in [2.24, 2.45) is 0 Å². The molecular weight excluding hydrogens is 350 g/mol. The van der Waals surface area contributed by atoms with Gasteiger partial charge in [-0.1, -0.05) is 48.0 Å². The molecule has 0 radical (unpaired) electrons.